The quantitative estimate of drug-likeness (QED) is 0.0856. The van der Waals surface area contributed by atoms with Crippen molar-refractivity contribution in [2.45, 2.75) is 105 Å². The van der Waals surface area contributed by atoms with Crippen LogP contribution in [-0.2, 0) is 35.3 Å². The Morgan fingerprint density at radius 3 is 2.02 bits per heavy atom. The number of urea groups is 1. The van der Waals surface area contributed by atoms with Crippen molar-refractivity contribution in [3.05, 3.63) is 29.8 Å². The third kappa shape index (κ3) is 17.3. The highest BCUT2D eigenvalue weighted by Gasteiger charge is 2.29. The fourth-order valence-corrected chi connectivity index (χ4v) is 4.17. The Hall–Kier alpha value is -4.20. The molecule has 0 heterocycles. The molecule has 0 saturated carbocycles. The van der Waals surface area contributed by atoms with E-state index in [4.69, 9.17) is 16.2 Å². The number of hydrogen-bond donors (Lipinski definition) is 7. The predicted octanol–water partition coefficient (Wildman–Crippen LogP) is 2.06. The van der Waals surface area contributed by atoms with Crippen LogP contribution in [0.1, 0.15) is 86.1 Å². The average Bonchev–Trinajstić information content (AvgIpc) is 2.98. The molecule has 0 aliphatic carbocycles. The number of amides is 6. The first-order valence-electron chi connectivity index (χ1n) is 16.1. The molecule has 0 aromatic heterocycles. The van der Waals surface area contributed by atoms with Crippen molar-refractivity contribution in [2.24, 2.45) is 28.7 Å². The lowest BCUT2D eigenvalue weighted by Gasteiger charge is -2.25. The first-order chi connectivity index (χ1) is 21.9. The number of carbonyl (C=O) groups is 6. The average molecular weight is 662 g/mol. The summed E-state index contributed by atoms with van der Waals surface area (Å²) in [5.74, 6) is -2.77. The van der Waals surface area contributed by atoms with Crippen molar-refractivity contribution < 1.29 is 33.5 Å². The molecule has 264 valence electrons. The van der Waals surface area contributed by atoms with Crippen molar-refractivity contribution >= 4 is 41.3 Å². The van der Waals surface area contributed by atoms with E-state index in [9.17, 15) is 28.8 Å². The van der Waals surface area contributed by atoms with Gasteiger partial charge in [-0.15, -0.1) is 0 Å². The SMILES string of the molecule is CC(C)C(=O)OCc1ccc(NC(=O)[C@H](CCCNC(N)=O)NC(=O)[C@@H](NC(=O)CC[C@@H](N)C(=O)NCCC(C)(C)C)C(C)C)cc1. The number of hydrogen-bond acceptors (Lipinski definition) is 8. The van der Waals surface area contributed by atoms with E-state index in [2.05, 4.69) is 47.4 Å². The third-order valence-electron chi connectivity index (χ3n) is 7.13. The number of carbonyl (C=O) groups excluding carboxylic acids is 6. The monoisotopic (exact) mass is 661 g/mol. The topological polar surface area (TPSA) is 224 Å². The minimum Gasteiger partial charge on any atom is -0.461 e. The second-order valence-corrected chi connectivity index (χ2v) is 13.5. The Bertz CT molecular complexity index is 1200. The maximum Gasteiger partial charge on any atom is 0.312 e. The number of esters is 1. The Kier molecular flexibility index (Phi) is 17.5. The molecule has 1 aromatic carbocycles. The van der Waals surface area contributed by atoms with Gasteiger partial charge in [0.05, 0.1) is 12.0 Å². The highest BCUT2D eigenvalue weighted by Crippen LogP contribution is 2.17. The second kappa shape index (κ2) is 20.1. The van der Waals surface area contributed by atoms with Gasteiger partial charge in [-0.2, -0.15) is 0 Å². The molecule has 14 heteroatoms. The minimum absolute atomic E-state index is 0.0570. The fourth-order valence-electron chi connectivity index (χ4n) is 4.17. The second-order valence-electron chi connectivity index (χ2n) is 13.5. The largest absolute Gasteiger partial charge is 0.461 e. The highest BCUT2D eigenvalue weighted by atomic mass is 16.5. The molecule has 14 nitrogen and oxygen atoms in total. The number of benzene rings is 1. The van der Waals surface area contributed by atoms with Crippen molar-refractivity contribution in [1.29, 1.82) is 0 Å². The zero-order valence-corrected chi connectivity index (χ0v) is 28.9. The molecule has 9 N–H and O–H groups in total. The molecule has 47 heavy (non-hydrogen) atoms. The Labute approximate surface area is 278 Å². The van der Waals surface area contributed by atoms with Crippen LogP contribution in [0.15, 0.2) is 24.3 Å². The van der Waals surface area contributed by atoms with Crippen LogP contribution in [0.2, 0.25) is 0 Å². The molecule has 0 fully saturated rings. The van der Waals surface area contributed by atoms with Gasteiger partial charge in [-0.3, -0.25) is 24.0 Å². The molecular weight excluding hydrogens is 606 g/mol. The standard InChI is InChI=1S/C33H55N7O7/c1-20(2)27(40-26(41)15-14-24(34)28(42)36-18-16-33(5,6)7)30(44)39-25(9-8-17-37-32(35)46)29(43)38-23-12-10-22(11-13-23)19-47-31(45)21(3)4/h10-13,20-21,24-25,27H,8-9,14-19,34H2,1-7H3,(H,36,42)(H,38,43)(H,39,44)(H,40,41)(H3,35,37,46)/t24-,25+,27+/m1/s1. The molecule has 3 atom stereocenters. The number of primary amides is 1. The van der Waals surface area contributed by atoms with Crippen LogP contribution in [0.4, 0.5) is 10.5 Å². The molecule has 0 aliphatic heterocycles. The summed E-state index contributed by atoms with van der Waals surface area (Å²) in [6.45, 7) is 14.0. The first-order valence-corrected chi connectivity index (χ1v) is 16.1. The summed E-state index contributed by atoms with van der Waals surface area (Å²) in [6, 6.07) is 3.15. The lowest BCUT2D eigenvalue weighted by Crippen LogP contribution is -2.54. The van der Waals surface area contributed by atoms with Gasteiger partial charge in [0.2, 0.25) is 23.6 Å². The number of nitrogens with two attached hydrogens (primary N) is 2. The van der Waals surface area contributed by atoms with Gasteiger partial charge in [0.1, 0.15) is 18.7 Å². The summed E-state index contributed by atoms with van der Waals surface area (Å²) in [5, 5.41) is 13.4. The lowest BCUT2D eigenvalue weighted by molar-refractivity contribution is -0.148. The molecule has 0 radical (unpaired) electrons. The lowest BCUT2D eigenvalue weighted by atomic mass is 9.92. The number of rotatable bonds is 19. The van der Waals surface area contributed by atoms with Gasteiger partial charge in [-0.25, -0.2) is 4.79 Å². The molecule has 6 amide bonds. The van der Waals surface area contributed by atoms with Crippen molar-refractivity contribution in [3.63, 3.8) is 0 Å². The summed E-state index contributed by atoms with van der Waals surface area (Å²) < 4.78 is 5.23. The molecule has 0 aliphatic rings. The number of nitrogens with one attached hydrogen (secondary N) is 5. The van der Waals surface area contributed by atoms with Gasteiger partial charge in [-0.1, -0.05) is 60.6 Å². The van der Waals surface area contributed by atoms with Crippen molar-refractivity contribution in [1.82, 2.24) is 21.3 Å². The maximum atomic E-state index is 13.4. The van der Waals surface area contributed by atoms with E-state index in [-0.39, 0.29) is 61.5 Å². The molecule has 0 spiro atoms. The number of ether oxygens (including phenoxy) is 1. The molecular formula is C33H55N7O7. The van der Waals surface area contributed by atoms with E-state index in [0.717, 1.165) is 12.0 Å². The minimum atomic E-state index is -1.01. The van der Waals surface area contributed by atoms with Crippen LogP contribution in [0.5, 0.6) is 0 Å². The van der Waals surface area contributed by atoms with Gasteiger partial charge >= 0.3 is 12.0 Å². The normalized spacial score (nSPS) is 13.2. The van der Waals surface area contributed by atoms with E-state index < -0.39 is 41.9 Å². The van der Waals surface area contributed by atoms with E-state index >= 15 is 0 Å². The summed E-state index contributed by atoms with van der Waals surface area (Å²) in [7, 11) is 0. The van der Waals surface area contributed by atoms with Crippen LogP contribution in [-0.4, -0.2) is 66.8 Å². The first kappa shape index (κ1) is 40.8. The van der Waals surface area contributed by atoms with E-state index in [1.165, 1.54) is 0 Å². The zero-order chi connectivity index (χ0) is 35.7. The van der Waals surface area contributed by atoms with Gasteiger partial charge in [-0.05, 0) is 54.7 Å². The van der Waals surface area contributed by atoms with Crippen LogP contribution in [0.3, 0.4) is 0 Å². The Morgan fingerprint density at radius 2 is 1.47 bits per heavy atom. The van der Waals surface area contributed by atoms with Gasteiger partial charge in [0.15, 0.2) is 0 Å². The van der Waals surface area contributed by atoms with Crippen LogP contribution in [0, 0.1) is 17.3 Å². The predicted molar refractivity (Wildman–Crippen MR) is 180 cm³/mol. The molecule has 0 saturated heterocycles. The zero-order valence-electron chi connectivity index (χ0n) is 28.9. The summed E-state index contributed by atoms with van der Waals surface area (Å²) in [6.07, 6.45) is 1.30. The van der Waals surface area contributed by atoms with Gasteiger partial charge in [0, 0.05) is 25.2 Å². The van der Waals surface area contributed by atoms with Gasteiger partial charge < -0.3 is 42.8 Å². The summed E-state index contributed by atoms with van der Waals surface area (Å²) >= 11 is 0. The summed E-state index contributed by atoms with van der Waals surface area (Å²) in [5.41, 5.74) is 12.4. The smallest absolute Gasteiger partial charge is 0.312 e. The Morgan fingerprint density at radius 1 is 0.830 bits per heavy atom. The van der Waals surface area contributed by atoms with Crippen molar-refractivity contribution in [2.75, 3.05) is 18.4 Å². The van der Waals surface area contributed by atoms with E-state index in [0.29, 0.717) is 18.7 Å². The van der Waals surface area contributed by atoms with Crippen LogP contribution < -0.4 is 38.1 Å². The van der Waals surface area contributed by atoms with E-state index in [1.54, 1.807) is 52.0 Å². The maximum absolute atomic E-state index is 13.4. The summed E-state index contributed by atoms with van der Waals surface area (Å²) in [4.78, 5) is 74.6. The highest BCUT2D eigenvalue weighted by molar-refractivity contribution is 5.98. The van der Waals surface area contributed by atoms with Crippen molar-refractivity contribution in [3.8, 4) is 0 Å². The molecule has 1 aromatic rings. The van der Waals surface area contributed by atoms with Crippen LogP contribution in [0.25, 0.3) is 0 Å². The molecule has 1 rings (SSSR count). The third-order valence-corrected chi connectivity index (χ3v) is 7.13. The van der Waals surface area contributed by atoms with Crippen LogP contribution >= 0.6 is 0 Å². The van der Waals surface area contributed by atoms with Gasteiger partial charge in [0.25, 0.3) is 0 Å². The fraction of sp³-hybridized carbons (Fsp3) is 0.636. The molecule has 0 bridgehead atoms. The number of anilines is 1. The molecule has 0 unspecified atom stereocenters. The Balaban J connectivity index is 2.85. The van der Waals surface area contributed by atoms with E-state index in [1.807, 2.05) is 0 Å².